The van der Waals surface area contributed by atoms with E-state index in [2.05, 4.69) is 58.0 Å². The van der Waals surface area contributed by atoms with Gasteiger partial charge < -0.3 is 15.5 Å². The molecule has 0 spiro atoms. The van der Waals surface area contributed by atoms with E-state index in [0.29, 0.717) is 5.92 Å². The molecule has 1 saturated heterocycles. The summed E-state index contributed by atoms with van der Waals surface area (Å²) in [6.07, 6.45) is 1.20. The smallest absolute Gasteiger partial charge is 0.0437 e. The van der Waals surface area contributed by atoms with E-state index in [1.807, 2.05) is 0 Å². The first-order valence-electron chi connectivity index (χ1n) is 8.79. The third-order valence-corrected chi connectivity index (χ3v) is 5.72. The van der Waals surface area contributed by atoms with Crippen molar-refractivity contribution >= 4 is 11.4 Å². The highest BCUT2D eigenvalue weighted by Gasteiger charge is 2.39. The molecule has 3 nitrogen and oxygen atoms in total. The normalized spacial score (nSPS) is 24.4. The van der Waals surface area contributed by atoms with Crippen molar-refractivity contribution < 1.29 is 0 Å². The topological polar surface area (TPSA) is 27.3 Å². The van der Waals surface area contributed by atoms with Crippen LogP contribution in [0.4, 0.5) is 11.4 Å². The van der Waals surface area contributed by atoms with Crippen LogP contribution in [0.1, 0.15) is 22.6 Å². The molecule has 5 rings (SSSR count). The first kappa shape index (κ1) is 13.4. The second-order valence-electron chi connectivity index (χ2n) is 7.13. The van der Waals surface area contributed by atoms with Crippen LogP contribution in [0, 0.1) is 5.92 Å². The van der Waals surface area contributed by atoms with E-state index in [4.69, 9.17) is 0 Å². The Hall–Kier alpha value is -2.00. The van der Waals surface area contributed by atoms with Crippen molar-refractivity contribution in [3.8, 4) is 0 Å². The average Bonchev–Trinajstić information content (AvgIpc) is 3.22. The van der Waals surface area contributed by atoms with Gasteiger partial charge in [0.2, 0.25) is 0 Å². The molecule has 23 heavy (non-hydrogen) atoms. The van der Waals surface area contributed by atoms with Gasteiger partial charge in [-0.25, -0.2) is 0 Å². The molecule has 0 aromatic heterocycles. The quantitative estimate of drug-likeness (QED) is 0.913. The summed E-state index contributed by atoms with van der Waals surface area (Å²) in [4.78, 5) is 2.62. The van der Waals surface area contributed by atoms with Gasteiger partial charge in [-0.15, -0.1) is 0 Å². The van der Waals surface area contributed by atoms with Crippen LogP contribution in [0.5, 0.6) is 0 Å². The zero-order valence-corrected chi connectivity index (χ0v) is 13.4. The Bertz CT molecular complexity index is 725. The molecule has 0 unspecified atom stereocenters. The maximum absolute atomic E-state index is 3.65. The number of nitrogens with zero attached hydrogens (tertiary/aromatic N) is 1. The minimum Gasteiger partial charge on any atom is -0.381 e. The number of fused-ring (bicyclic) bond motifs is 2. The minimum atomic E-state index is 0.705. The molecule has 118 valence electrons. The number of nitrogens with one attached hydrogen (secondary N) is 2. The predicted molar refractivity (Wildman–Crippen MR) is 95.2 cm³/mol. The first-order chi connectivity index (χ1) is 11.4. The Morgan fingerprint density at radius 2 is 2.04 bits per heavy atom. The Kier molecular flexibility index (Phi) is 3.08. The largest absolute Gasteiger partial charge is 0.381 e. The molecule has 3 aliphatic rings. The highest BCUT2D eigenvalue weighted by molar-refractivity contribution is 5.71. The molecule has 0 radical (unpaired) electrons. The first-order valence-corrected chi connectivity index (χ1v) is 8.79. The number of rotatable bonds is 3. The van der Waals surface area contributed by atoms with Gasteiger partial charge in [-0.05, 0) is 41.2 Å². The molecule has 3 heterocycles. The Labute approximate surface area is 137 Å². The lowest BCUT2D eigenvalue weighted by atomic mass is 9.83. The molecule has 0 amide bonds. The van der Waals surface area contributed by atoms with E-state index in [1.54, 1.807) is 16.8 Å². The average molecular weight is 305 g/mol. The number of benzene rings is 2. The van der Waals surface area contributed by atoms with Crippen LogP contribution in [0.2, 0.25) is 0 Å². The molecule has 2 atom stereocenters. The van der Waals surface area contributed by atoms with E-state index in [0.717, 1.165) is 19.0 Å². The van der Waals surface area contributed by atoms with Gasteiger partial charge in [-0.1, -0.05) is 30.3 Å². The SMILES string of the molecule is c1ccc(CNc2cc3c4c(c2)[C@H]2CNC[C@H]2CN4CC3)cc1. The van der Waals surface area contributed by atoms with Crippen LogP contribution in [0.15, 0.2) is 42.5 Å². The maximum atomic E-state index is 3.65. The lowest BCUT2D eigenvalue weighted by molar-refractivity contribution is 0.491. The summed E-state index contributed by atoms with van der Waals surface area (Å²) in [5.41, 5.74) is 7.31. The molecule has 0 aliphatic carbocycles. The summed E-state index contributed by atoms with van der Waals surface area (Å²) >= 11 is 0. The fourth-order valence-electron chi connectivity index (χ4n) is 4.60. The number of anilines is 2. The fraction of sp³-hybridized carbons (Fsp3) is 0.400. The van der Waals surface area contributed by atoms with Gasteiger partial charge in [0.1, 0.15) is 0 Å². The molecule has 3 aliphatic heterocycles. The van der Waals surface area contributed by atoms with E-state index in [9.17, 15) is 0 Å². The lowest BCUT2D eigenvalue weighted by Gasteiger charge is -2.35. The fourth-order valence-corrected chi connectivity index (χ4v) is 4.60. The third-order valence-electron chi connectivity index (χ3n) is 5.72. The van der Waals surface area contributed by atoms with Crippen molar-refractivity contribution in [1.29, 1.82) is 0 Å². The lowest BCUT2D eigenvalue weighted by Crippen LogP contribution is -2.35. The van der Waals surface area contributed by atoms with Crippen molar-refractivity contribution in [2.75, 3.05) is 36.4 Å². The van der Waals surface area contributed by atoms with Crippen molar-refractivity contribution in [1.82, 2.24) is 5.32 Å². The summed E-state index contributed by atoms with van der Waals surface area (Å²) < 4.78 is 0. The second-order valence-corrected chi connectivity index (χ2v) is 7.13. The third kappa shape index (κ3) is 2.22. The van der Waals surface area contributed by atoms with Gasteiger partial charge in [0.25, 0.3) is 0 Å². The second kappa shape index (κ2) is 5.27. The molecular formula is C20H23N3. The van der Waals surface area contributed by atoms with Crippen LogP contribution < -0.4 is 15.5 Å². The minimum absolute atomic E-state index is 0.705. The molecular weight excluding hydrogens is 282 g/mol. The van der Waals surface area contributed by atoms with E-state index < -0.39 is 0 Å². The molecule has 2 aromatic carbocycles. The molecule has 0 bridgehead atoms. The van der Waals surface area contributed by atoms with Crippen LogP contribution in [-0.4, -0.2) is 26.2 Å². The molecule has 1 fully saturated rings. The molecule has 2 N–H and O–H groups in total. The molecule has 2 aromatic rings. The van der Waals surface area contributed by atoms with Gasteiger partial charge in [0, 0.05) is 50.0 Å². The van der Waals surface area contributed by atoms with E-state index in [1.165, 1.54) is 37.3 Å². The summed E-state index contributed by atoms with van der Waals surface area (Å²) in [6.45, 7) is 5.67. The van der Waals surface area contributed by atoms with Crippen LogP contribution >= 0.6 is 0 Å². The Morgan fingerprint density at radius 3 is 2.96 bits per heavy atom. The van der Waals surface area contributed by atoms with Crippen molar-refractivity contribution in [2.45, 2.75) is 18.9 Å². The summed E-state index contributed by atoms with van der Waals surface area (Å²) in [6, 6.07) is 15.5. The van der Waals surface area contributed by atoms with Crippen molar-refractivity contribution in [3.63, 3.8) is 0 Å². The van der Waals surface area contributed by atoms with Gasteiger partial charge in [0.05, 0.1) is 0 Å². The highest BCUT2D eigenvalue weighted by atomic mass is 15.2. The number of hydrogen-bond donors (Lipinski definition) is 2. The van der Waals surface area contributed by atoms with Crippen LogP contribution in [0.25, 0.3) is 0 Å². The molecule has 0 saturated carbocycles. The predicted octanol–water partition coefficient (Wildman–Crippen LogP) is 2.98. The van der Waals surface area contributed by atoms with Crippen LogP contribution in [-0.2, 0) is 13.0 Å². The van der Waals surface area contributed by atoms with Gasteiger partial charge >= 0.3 is 0 Å². The van der Waals surface area contributed by atoms with Gasteiger partial charge in [-0.3, -0.25) is 0 Å². The Morgan fingerprint density at radius 1 is 1.13 bits per heavy atom. The number of hydrogen-bond acceptors (Lipinski definition) is 3. The zero-order valence-electron chi connectivity index (χ0n) is 13.4. The van der Waals surface area contributed by atoms with Gasteiger partial charge in [0.15, 0.2) is 0 Å². The van der Waals surface area contributed by atoms with Gasteiger partial charge in [-0.2, -0.15) is 0 Å². The highest BCUT2D eigenvalue weighted by Crippen LogP contribution is 2.46. The standard InChI is InChI=1S/C20H23N3/c1-2-4-14(5-3-1)10-22-17-8-15-6-7-23-13-16-11-21-12-19(16)18(9-17)20(15)23/h1-5,8-9,16,19,21-22H,6-7,10-13H2/t16-,19-/m0/s1. The van der Waals surface area contributed by atoms with Crippen LogP contribution in [0.3, 0.4) is 0 Å². The Balaban J connectivity index is 1.47. The summed E-state index contributed by atoms with van der Waals surface area (Å²) in [5, 5.41) is 7.24. The monoisotopic (exact) mass is 305 g/mol. The van der Waals surface area contributed by atoms with E-state index >= 15 is 0 Å². The summed E-state index contributed by atoms with van der Waals surface area (Å²) in [7, 11) is 0. The van der Waals surface area contributed by atoms with Crippen molar-refractivity contribution in [3.05, 3.63) is 59.2 Å². The summed E-state index contributed by atoms with van der Waals surface area (Å²) in [5.74, 6) is 1.49. The zero-order chi connectivity index (χ0) is 15.2. The van der Waals surface area contributed by atoms with E-state index in [-0.39, 0.29) is 0 Å². The van der Waals surface area contributed by atoms with Crippen molar-refractivity contribution in [2.24, 2.45) is 5.92 Å². The maximum Gasteiger partial charge on any atom is 0.0437 e. The molecule has 3 heteroatoms.